The van der Waals surface area contributed by atoms with Gasteiger partial charge in [0.1, 0.15) is 6.26 Å². The van der Waals surface area contributed by atoms with Crippen LogP contribution in [-0.2, 0) is 4.74 Å². The van der Waals surface area contributed by atoms with Crippen molar-refractivity contribution >= 4 is 11.9 Å². The average molecular weight is 182 g/mol. The van der Waals surface area contributed by atoms with Crippen LogP contribution in [0, 0.1) is 0 Å². The second-order valence-electron chi connectivity index (χ2n) is 2.08. The first-order valence-electron chi connectivity index (χ1n) is 3.29. The molecule has 1 rings (SSSR count). The number of carbonyl (C=O) groups excluding carboxylic acids is 1. The second kappa shape index (κ2) is 3.57. The first kappa shape index (κ1) is 9.05. The van der Waals surface area contributed by atoms with Crippen molar-refractivity contribution < 1.29 is 23.8 Å². The molecule has 0 aliphatic heterocycles. The zero-order valence-corrected chi connectivity index (χ0v) is 6.52. The lowest BCUT2D eigenvalue weighted by Gasteiger charge is -1.91. The van der Waals surface area contributed by atoms with Crippen LogP contribution in [0.5, 0.6) is 0 Å². The summed E-state index contributed by atoms with van der Waals surface area (Å²) in [5, 5.41) is 8.48. The molecule has 1 aromatic rings. The van der Waals surface area contributed by atoms with Crippen molar-refractivity contribution in [3.05, 3.63) is 36.5 Å². The third kappa shape index (κ3) is 1.96. The van der Waals surface area contributed by atoms with Crippen molar-refractivity contribution in [1.29, 1.82) is 0 Å². The van der Waals surface area contributed by atoms with Gasteiger partial charge in [0.25, 0.3) is 0 Å². The topological polar surface area (TPSA) is 76.7 Å². The highest BCUT2D eigenvalue weighted by atomic mass is 16.5. The maximum Gasteiger partial charge on any atom is 0.379 e. The zero-order valence-electron chi connectivity index (χ0n) is 6.52. The van der Waals surface area contributed by atoms with E-state index in [1.54, 1.807) is 0 Å². The molecular weight excluding hydrogens is 176 g/mol. The number of furan rings is 1. The van der Waals surface area contributed by atoms with Crippen LogP contribution in [0.25, 0.3) is 0 Å². The van der Waals surface area contributed by atoms with Crippen LogP contribution >= 0.6 is 0 Å². The number of rotatable bonds is 3. The van der Waals surface area contributed by atoms with Gasteiger partial charge in [0.2, 0.25) is 5.76 Å². The molecule has 0 saturated carbocycles. The lowest BCUT2D eigenvalue weighted by Crippen LogP contribution is -1.98. The highest BCUT2D eigenvalue weighted by Gasteiger charge is 2.14. The van der Waals surface area contributed by atoms with E-state index in [2.05, 4.69) is 15.7 Å². The Morgan fingerprint density at radius 2 is 2.31 bits per heavy atom. The molecule has 0 fully saturated rings. The minimum Gasteiger partial charge on any atom is -0.478 e. The van der Waals surface area contributed by atoms with Gasteiger partial charge in [-0.25, -0.2) is 9.59 Å². The molecule has 0 spiro atoms. The van der Waals surface area contributed by atoms with Gasteiger partial charge in [-0.2, -0.15) is 0 Å². The van der Waals surface area contributed by atoms with Crippen molar-refractivity contribution in [3.8, 4) is 0 Å². The molecule has 0 aliphatic rings. The predicted octanol–water partition coefficient (Wildman–Crippen LogP) is 1.28. The van der Waals surface area contributed by atoms with Crippen LogP contribution in [0.1, 0.15) is 20.9 Å². The van der Waals surface area contributed by atoms with Crippen molar-refractivity contribution in [2.75, 3.05) is 0 Å². The summed E-state index contributed by atoms with van der Waals surface area (Å²) in [4.78, 5) is 21.3. The third-order valence-electron chi connectivity index (χ3n) is 1.24. The Bertz CT molecular complexity index is 349. The Morgan fingerprint density at radius 1 is 1.62 bits per heavy atom. The summed E-state index contributed by atoms with van der Waals surface area (Å²) in [5.74, 6) is -2.11. The van der Waals surface area contributed by atoms with E-state index in [1.165, 1.54) is 0 Å². The fourth-order valence-corrected chi connectivity index (χ4v) is 0.689. The maximum absolute atomic E-state index is 10.9. The van der Waals surface area contributed by atoms with Crippen molar-refractivity contribution in [2.45, 2.75) is 0 Å². The van der Waals surface area contributed by atoms with Gasteiger partial charge in [-0.3, -0.25) is 0 Å². The van der Waals surface area contributed by atoms with Gasteiger partial charge in [0.05, 0.1) is 11.8 Å². The van der Waals surface area contributed by atoms with E-state index in [9.17, 15) is 9.59 Å². The van der Waals surface area contributed by atoms with E-state index >= 15 is 0 Å². The molecule has 0 unspecified atom stereocenters. The van der Waals surface area contributed by atoms with E-state index in [4.69, 9.17) is 5.11 Å². The Hall–Kier alpha value is -2.04. The highest BCUT2D eigenvalue weighted by Crippen LogP contribution is 2.08. The summed E-state index contributed by atoms with van der Waals surface area (Å²) >= 11 is 0. The van der Waals surface area contributed by atoms with Crippen LogP contribution in [-0.4, -0.2) is 17.0 Å². The Morgan fingerprint density at radius 3 is 2.77 bits per heavy atom. The lowest BCUT2D eigenvalue weighted by molar-refractivity contribution is 0.0628. The molecule has 1 aromatic heterocycles. The standard InChI is InChI=1S/C8H6O5/c1-2-12-8(11)6-3-5(4-13-6)7(9)10/h2-4H,1H2,(H,9,10). The summed E-state index contributed by atoms with van der Waals surface area (Å²) in [6.07, 6.45) is 1.90. The second-order valence-corrected chi connectivity index (χ2v) is 2.08. The summed E-state index contributed by atoms with van der Waals surface area (Å²) in [7, 11) is 0. The van der Waals surface area contributed by atoms with Crippen LogP contribution < -0.4 is 0 Å². The largest absolute Gasteiger partial charge is 0.478 e. The number of carbonyl (C=O) groups is 2. The number of hydrogen-bond donors (Lipinski definition) is 1. The van der Waals surface area contributed by atoms with Crippen LogP contribution in [0.2, 0.25) is 0 Å². The number of aromatic carboxylic acids is 1. The van der Waals surface area contributed by atoms with Gasteiger partial charge >= 0.3 is 11.9 Å². The van der Waals surface area contributed by atoms with Gasteiger partial charge in [-0.1, -0.05) is 6.58 Å². The molecule has 0 atom stereocenters. The number of esters is 1. The summed E-state index contributed by atoms with van der Waals surface area (Å²) < 4.78 is 9.00. The maximum atomic E-state index is 10.9. The molecule has 1 N–H and O–H groups in total. The zero-order chi connectivity index (χ0) is 9.84. The number of carboxylic acid groups (broad SMARTS) is 1. The number of hydrogen-bond acceptors (Lipinski definition) is 4. The number of carboxylic acids is 1. The Balaban J connectivity index is 2.85. The average Bonchev–Trinajstić information content (AvgIpc) is 2.52. The van der Waals surface area contributed by atoms with E-state index < -0.39 is 11.9 Å². The molecular formula is C8H6O5. The fourth-order valence-electron chi connectivity index (χ4n) is 0.689. The van der Waals surface area contributed by atoms with E-state index in [-0.39, 0.29) is 11.3 Å². The van der Waals surface area contributed by atoms with Gasteiger partial charge in [0, 0.05) is 6.07 Å². The Kier molecular flexibility index (Phi) is 2.49. The van der Waals surface area contributed by atoms with E-state index in [0.717, 1.165) is 18.6 Å². The van der Waals surface area contributed by atoms with Gasteiger partial charge in [0.15, 0.2) is 0 Å². The van der Waals surface area contributed by atoms with Gasteiger partial charge in [-0.15, -0.1) is 0 Å². The smallest absolute Gasteiger partial charge is 0.379 e. The molecule has 13 heavy (non-hydrogen) atoms. The van der Waals surface area contributed by atoms with Gasteiger partial charge in [-0.05, 0) is 0 Å². The molecule has 0 amide bonds. The minimum atomic E-state index is -1.17. The van der Waals surface area contributed by atoms with Crippen LogP contribution in [0.15, 0.2) is 29.6 Å². The normalized spacial score (nSPS) is 9.23. The number of ether oxygens (including phenoxy) is 1. The predicted molar refractivity (Wildman–Crippen MR) is 41.3 cm³/mol. The minimum absolute atomic E-state index is 0.101. The van der Waals surface area contributed by atoms with Crippen molar-refractivity contribution in [2.24, 2.45) is 0 Å². The van der Waals surface area contributed by atoms with Crippen molar-refractivity contribution in [1.82, 2.24) is 0 Å². The Labute approximate surface area is 73.2 Å². The van der Waals surface area contributed by atoms with Crippen molar-refractivity contribution in [3.63, 3.8) is 0 Å². The first-order chi connectivity index (χ1) is 6.15. The SMILES string of the molecule is C=COC(=O)c1cc(C(=O)O)co1. The third-order valence-corrected chi connectivity index (χ3v) is 1.24. The lowest BCUT2D eigenvalue weighted by atomic mass is 10.3. The van der Waals surface area contributed by atoms with E-state index in [1.807, 2.05) is 0 Å². The summed E-state index contributed by atoms with van der Waals surface area (Å²) in [6.45, 7) is 3.17. The molecule has 0 aromatic carbocycles. The highest BCUT2D eigenvalue weighted by molar-refractivity contribution is 5.92. The molecule has 68 valence electrons. The first-order valence-corrected chi connectivity index (χ1v) is 3.29. The monoisotopic (exact) mass is 182 g/mol. The molecule has 0 radical (unpaired) electrons. The summed E-state index contributed by atoms with van der Waals surface area (Å²) in [5.41, 5.74) is -0.101. The van der Waals surface area contributed by atoms with Gasteiger partial charge < -0.3 is 14.3 Å². The molecule has 0 aliphatic carbocycles. The summed E-state index contributed by atoms with van der Waals surface area (Å²) in [6, 6.07) is 1.08. The molecule has 0 bridgehead atoms. The molecule has 5 nitrogen and oxygen atoms in total. The van der Waals surface area contributed by atoms with E-state index in [0.29, 0.717) is 0 Å². The quantitative estimate of drug-likeness (QED) is 0.562. The molecule has 5 heteroatoms. The molecule has 0 saturated heterocycles. The van der Waals surface area contributed by atoms with Crippen LogP contribution in [0.4, 0.5) is 0 Å². The molecule has 1 heterocycles. The van der Waals surface area contributed by atoms with Crippen LogP contribution in [0.3, 0.4) is 0 Å². The fraction of sp³-hybridized carbons (Fsp3) is 0.